The molecular formula is C23H21N3O2. The minimum absolute atomic E-state index is 0.206. The third-order valence-corrected chi connectivity index (χ3v) is 4.50. The largest absolute Gasteiger partial charge is 0.481 e. The maximum absolute atomic E-state index is 12.5. The lowest BCUT2D eigenvalue weighted by Crippen LogP contribution is -2.30. The number of anilines is 1. The predicted octanol–water partition coefficient (Wildman–Crippen LogP) is 4.94. The first-order valence-corrected chi connectivity index (χ1v) is 9.18. The Morgan fingerprint density at radius 1 is 1.04 bits per heavy atom. The molecule has 0 radical (unpaired) electrons. The predicted molar refractivity (Wildman–Crippen MR) is 111 cm³/mol. The fourth-order valence-corrected chi connectivity index (χ4v) is 2.95. The number of amides is 1. The van der Waals surface area contributed by atoms with Crippen molar-refractivity contribution in [2.75, 3.05) is 5.32 Å². The highest BCUT2D eigenvalue weighted by Crippen LogP contribution is 2.23. The number of nitrogens with zero attached hydrogens (tertiary/aromatic N) is 1. The van der Waals surface area contributed by atoms with Gasteiger partial charge in [-0.1, -0.05) is 42.0 Å². The van der Waals surface area contributed by atoms with E-state index in [4.69, 9.17) is 4.74 Å². The molecule has 1 heterocycles. The highest BCUT2D eigenvalue weighted by atomic mass is 16.5. The molecule has 5 nitrogen and oxygen atoms in total. The fourth-order valence-electron chi connectivity index (χ4n) is 2.95. The SMILES string of the molecule is Cc1ccc(OC(C)C(=O)Nc2cccc(-c3nc4ccccc4[nH]3)c2)cc1. The van der Waals surface area contributed by atoms with E-state index in [1.807, 2.05) is 79.7 Å². The zero-order valence-electron chi connectivity index (χ0n) is 15.8. The van der Waals surface area contributed by atoms with E-state index < -0.39 is 6.10 Å². The second kappa shape index (κ2) is 7.56. The number of rotatable bonds is 5. The average molecular weight is 371 g/mol. The van der Waals surface area contributed by atoms with Crippen LogP contribution in [0, 0.1) is 6.92 Å². The summed E-state index contributed by atoms with van der Waals surface area (Å²) in [6, 6.07) is 23.1. The summed E-state index contributed by atoms with van der Waals surface area (Å²) in [5.41, 5.74) is 4.63. The molecule has 1 atom stereocenters. The van der Waals surface area contributed by atoms with Gasteiger partial charge in [-0.05, 0) is 50.2 Å². The van der Waals surface area contributed by atoms with Crippen LogP contribution in [-0.2, 0) is 4.79 Å². The van der Waals surface area contributed by atoms with Crippen LogP contribution < -0.4 is 10.1 Å². The molecule has 1 unspecified atom stereocenters. The Bertz CT molecular complexity index is 1080. The van der Waals surface area contributed by atoms with Crippen LogP contribution in [0.25, 0.3) is 22.4 Å². The Hall–Kier alpha value is -3.60. The van der Waals surface area contributed by atoms with Crippen LogP contribution in [0.1, 0.15) is 12.5 Å². The van der Waals surface area contributed by atoms with Crippen molar-refractivity contribution < 1.29 is 9.53 Å². The van der Waals surface area contributed by atoms with Crippen molar-refractivity contribution in [3.05, 3.63) is 78.4 Å². The molecule has 0 aliphatic heterocycles. The minimum atomic E-state index is -0.613. The minimum Gasteiger partial charge on any atom is -0.481 e. The number of hydrogen-bond donors (Lipinski definition) is 2. The molecule has 0 saturated carbocycles. The Morgan fingerprint density at radius 3 is 2.61 bits per heavy atom. The van der Waals surface area contributed by atoms with Gasteiger partial charge < -0.3 is 15.0 Å². The van der Waals surface area contributed by atoms with Gasteiger partial charge in [-0.2, -0.15) is 0 Å². The van der Waals surface area contributed by atoms with Gasteiger partial charge in [-0.15, -0.1) is 0 Å². The maximum atomic E-state index is 12.5. The lowest BCUT2D eigenvalue weighted by molar-refractivity contribution is -0.122. The van der Waals surface area contributed by atoms with Gasteiger partial charge in [0.05, 0.1) is 11.0 Å². The van der Waals surface area contributed by atoms with E-state index in [0.717, 1.165) is 28.0 Å². The van der Waals surface area contributed by atoms with Gasteiger partial charge in [-0.25, -0.2) is 4.98 Å². The molecule has 2 N–H and O–H groups in total. The zero-order valence-corrected chi connectivity index (χ0v) is 15.8. The summed E-state index contributed by atoms with van der Waals surface area (Å²) in [7, 11) is 0. The van der Waals surface area contributed by atoms with Crippen LogP contribution in [0.5, 0.6) is 5.75 Å². The molecule has 0 bridgehead atoms. The number of H-pyrrole nitrogens is 1. The average Bonchev–Trinajstić information content (AvgIpc) is 3.14. The van der Waals surface area contributed by atoms with E-state index in [-0.39, 0.29) is 5.91 Å². The van der Waals surface area contributed by atoms with Crippen LogP contribution in [0.15, 0.2) is 72.8 Å². The van der Waals surface area contributed by atoms with Crippen molar-refractivity contribution in [3.63, 3.8) is 0 Å². The number of carbonyl (C=O) groups is 1. The highest BCUT2D eigenvalue weighted by Gasteiger charge is 2.15. The number of aryl methyl sites for hydroxylation is 1. The molecule has 4 aromatic rings. The second-order valence-electron chi connectivity index (χ2n) is 6.75. The molecule has 0 spiro atoms. The molecule has 140 valence electrons. The Morgan fingerprint density at radius 2 is 1.82 bits per heavy atom. The standard InChI is InChI=1S/C23H21N3O2/c1-15-10-12-19(13-11-15)28-16(2)23(27)24-18-7-5-6-17(14-18)22-25-20-8-3-4-9-21(20)26-22/h3-14,16H,1-2H3,(H,24,27)(H,25,26). The number of ether oxygens (including phenoxy) is 1. The first kappa shape index (κ1) is 17.8. The summed E-state index contributed by atoms with van der Waals surface area (Å²) in [4.78, 5) is 20.4. The topological polar surface area (TPSA) is 67.0 Å². The summed E-state index contributed by atoms with van der Waals surface area (Å²) in [6.45, 7) is 3.74. The van der Waals surface area contributed by atoms with Gasteiger partial charge in [0.1, 0.15) is 11.6 Å². The van der Waals surface area contributed by atoms with Crippen molar-refractivity contribution in [3.8, 4) is 17.1 Å². The summed E-state index contributed by atoms with van der Waals surface area (Å²) in [5, 5.41) is 2.91. The number of fused-ring (bicyclic) bond motifs is 1. The molecule has 0 saturated heterocycles. The molecule has 0 aliphatic rings. The quantitative estimate of drug-likeness (QED) is 0.522. The summed E-state index contributed by atoms with van der Waals surface area (Å²) < 4.78 is 5.73. The third kappa shape index (κ3) is 3.88. The van der Waals surface area contributed by atoms with Gasteiger partial charge in [0, 0.05) is 11.3 Å². The summed E-state index contributed by atoms with van der Waals surface area (Å²) >= 11 is 0. The number of hydrogen-bond acceptors (Lipinski definition) is 3. The van der Waals surface area contributed by atoms with Gasteiger partial charge in [0.2, 0.25) is 0 Å². The second-order valence-corrected chi connectivity index (χ2v) is 6.75. The van der Waals surface area contributed by atoms with Crippen molar-refractivity contribution in [2.24, 2.45) is 0 Å². The van der Waals surface area contributed by atoms with Gasteiger partial charge in [-0.3, -0.25) is 4.79 Å². The van der Waals surface area contributed by atoms with Gasteiger partial charge in [0.25, 0.3) is 5.91 Å². The van der Waals surface area contributed by atoms with Crippen LogP contribution in [0.2, 0.25) is 0 Å². The number of para-hydroxylation sites is 2. The van der Waals surface area contributed by atoms with Gasteiger partial charge in [0.15, 0.2) is 6.10 Å². The van der Waals surface area contributed by atoms with E-state index in [1.165, 1.54) is 0 Å². The van der Waals surface area contributed by atoms with Crippen molar-refractivity contribution in [1.29, 1.82) is 0 Å². The van der Waals surface area contributed by atoms with E-state index in [0.29, 0.717) is 11.4 Å². The van der Waals surface area contributed by atoms with E-state index in [2.05, 4.69) is 15.3 Å². The lowest BCUT2D eigenvalue weighted by atomic mass is 10.2. The van der Waals surface area contributed by atoms with Crippen molar-refractivity contribution in [1.82, 2.24) is 9.97 Å². The van der Waals surface area contributed by atoms with E-state index in [1.54, 1.807) is 6.92 Å². The number of aromatic amines is 1. The maximum Gasteiger partial charge on any atom is 0.265 e. The van der Waals surface area contributed by atoms with Crippen LogP contribution in [0.4, 0.5) is 5.69 Å². The molecule has 4 rings (SSSR count). The van der Waals surface area contributed by atoms with Crippen molar-refractivity contribution in [2.45, 2.75) is 20.0 Å². The zero-order chi connectivity index (χ0) is 19.5. The Kier molecular flexibility index (Phi) is 4.81. The Labute approximate surface area is 163 Å². The summed E-state index contributed by atoms with van der Waals surface area (Å²) in [5.74, 6) is 1.23. The molecule has 3 aromatic carbocycles. The molecule has 0 aliphatic carbocycles. The first-order chi connectivity index (χ1) is 13.6. The summed E-state index contributed by atoms with van der Waals surface area (Å²) in [6.07, 6.45) is -0.613. The third-order valence-electron chi connectivity index (χ3n) is 4.50. The fraction of sp³-hybridized carbons (Fsp3) is 0.130. The monoisotopic (exact) mass is 371 g/mol. The van der Waals surface area contributed by atoms with Crippen molar-refractivity contribution >= 4 is 22.6 Å². The molecular weight excluding hydrogens is 350 g/mol. The lowest BCUT2D eigenvalue weighted by Gasteiger charge is -2.15. The first-order valence-electron chi connectivity index (χ1n) is 9.18. The Balaban J connectivity index is 1.48. The number of carbonyl (C=O) groups excluding carboxylic acids is 1. The molecule has 1 amide bonds. The number of benzene rings is 3. The van der Waals surface area contributed by atoms with Crippen LogP contribution >= 0.6 is 0 Å². The van der Waals surface area contributed by atoms with Crippen LogP contribution in [0.3, 0.4) is 0 Å². The molecule has 0 fully saturated rings. The van der Waals surface area contributed by atoms with E-state index >= 15 is 0 Å². The van der Waals surface area contributed by atoms with Crippen LogP contribution in [-0.4, -0.2) is 22.0 Å². The van der Waals surface area contributed by atoms with Gasteiger partial charge >= 0.3 is 0 Å². The molecule has 5 heteroatoms. The number of imidazole rings is 1. The molecule has 28 heavy (non-hydrogen) atoms. The smallest absolute Gasteiger partial charge is 0.265 e. The number of nitrogens with one attached hydrogen (secondary N) is 2. The highest BCUT2D eigenvalue weighted by molar-refractivity contribution is 5.94. The normalized spacial score (nSPS) is 11.9. The van der Waals surface area contributed by atoms with E-state index in [9.17, 15) is 4.79 Å². The number of aromatic nitrogens is 2. The molecule has 1 aromatic heterocycles.